The van der Waals surface area contributed by atoms with Crippen molar-refractivity contribution in [2.75, 3.05) is 6.54 Å². The van der Waals surface area contributed by atoms with Gasteiger partial charge in [0.2, 0.25) is 0 Å². The fourth-order valence-corrected chi connectivity index (χ4v) is 4.32. The van der Waals surface area contributed by atoms with Gasteiger partial charge in [-0.1, -0.05) is 115 Å². The third-order valence-corrected chi connectivity index (χ3v) is 6.62. The number of halogens is 1. The number of amides is 1. The van der Waals surface area contributed by atoms with Crippen LogP contribution in [0.1, 0.15) is 120 Å². The first-order valence-corrected chi connectivity index (χ1v) is 14.3. The van der Waals surface area contributed by atoms with E-state index in [1.807, 2.05) is 0 Å². The number of aromatic nitrogens is 2. The van der Waals surface area contributed by atoms with E-state index in [1.54, 1.807) is 41.2 Å². The summed E-state index contributed by atoms with van der Waals surface area (Å²) < 4.78 is 7.26. The van der Waals surface area contributed by atoms with Gasteiger partial charge in [-0.3, -0.25) is 4.79 Å². The van der Waals surface area contributed by atoms with Gasteiger partial charge in [0.05, 0.1) is 0 Å². The van der Waals surface area contributed by atoms with Crippen LogP contribution in [0.3, 0.4) is 0 Å². The summed E-state index contributed by atoms with van der Waals surface area (Å²) >= 11 is 5.88. The van der Waals surface area contributed by atoms with Gasteiger partial charge in [0.25, 0.3) is 5.91 Å². The van der Waals surface area contributed by atoms with Gasteiger partial charge >= 0.3 is 0 Å². The lowest BCUT2D eigenvalue weighted by atomic mass is 10.0. The minimum absolute atomic E-state index is 0.129. The predicted molar refractivity (Wildman–Crippen MR) is 146 cm³/mol. The van der Waals surface area contributed by atoms with Gasteiger partial charge in [-0.15, -0.1) is 0 Å². The number of carbonyl (C=O) groups is 1. The summed E-state index contributed by atoms with van der Waals surface area (Å²) in [6, 6.07) is 8.87. The second-order valence-corrected chi connectivity index (χ2v) is 9.96. The van der Waals surface area contributed by atoms with E-state index in [1.165, 1.54) is 96.3 Å². The van der Waals surface area contributed by atoms with E-state index in [9.17, 15) is 4.79 Å². The smallest absolute Gasteiger partial charge is 0.271 e. The Morgan fingerprint density at radius 3 is 1.86 bits per heavy atom. The van der Waals surface area contributed by atoms with Crippen LogP contribution >= 0.6 is 11.6 Å². The van der Waals surface area contributed by atoms with Crippen molar-refractivity contribution in [3.05, 3.63) is 47.2 Å². The standard InChI is InChI=1S/C29H46ClN3O2/c1-2-3-4-5-6-7-8-9-10-11-12-13-14-15-16-17-23-31-29(34)28-22-24-33(32-28)25-35-27-20-18-26(30)19-21-27/h18-22,24H,2-17,23,25H2,1H3,(H,31,34). The van der Waals surface area contributed by atoms with Crippen molar-refractivity contribution in [1.29, 1.82) is 0 Å². The third kappa shape index (κ3) is 14.2. The lowest BCUT2D eigenvalue weighted by Gasteiger charge is -2.06. The van der Waals surface area contributed by atoms with Crippen LogP contribution in [0.2, 0.25) is 5.02 Å². The van der Waals surface area contributed by atoms with Crippen molar-refractivity contribution in [3.63, 3.8) is 0 Å². The zero-order valence-corrected chi connectivity index (χ0v) is 22.5. The lowest BCUT2D eigenvalue weighted by Crippen LogP contribution is -2.25. The number of hydrogen-bond acceptors (Lipinski definition) is 3. The molecule has 0 saturated carbocycles. The van der Waals surface area contributed by atoms with Gasteiger partial charge in [-0.05, 0) is 36.8 Å². The molecule has 1 aromatic carbocycles. The summed E-state index contributed by atoms with van der Waals surface area (Å²) in [4.78, 5) is 12.3. The zero-order valence-electron chi connectivity index (χ0n) is 21.8. The molecule has 1 aromatic heterocycles. The van der Waals surface area contributed by atoms with E-state index in [0.29, 0.717) is 23.0 Å². The first kappa shape index (κ1) is 29.2. The Hall–Kier alpha value is -2.01. The van der Waals surface area contributed by atoms with Crippen LogP contribution in [0.15, 0.2) is 36.5 Å². The molecule has 0 unspecified atom stereocenters. The number of nitrogens with zero attached hydrogens (tertiary/aromatic N) is 2. The molecule has 1 N–H and O–H groups in total. The molecule has 0 aliphatic rings. The maximum Gasteiger partial charge on any atom is 0.271 e. The molecule has 35 heavy (non-hydrogen) atoms. The van der Waals surface area contributed by atoms with E-state index >= 15 is 0 Å². The summed E-state index contributed by atoms with van der Waals surface area (Å²) in [6.07, 6.45) is 23.3. The Balaban J connectivity index is 1.38. The predicted octanol–water partition coefficient (Wildman–Crippen LogP) is 8.56. The Bertz CT molecular complexity index is 791. The SMILES string of the molecule is CCCCCCCCCCCCCCCCCCNC(=O)c1ccn(COc2ccc(Cl)cc2)n1. The molecule has 2 aromatic rings. The normalized spacial score (nSPS) is 11.0. The second-order valence-electron chi connectivity index (χ2n) is 9.53. The van der Waals surface area contributed by atoms with E-state index in [4.69, 9.17) is 16.3 Å². The number of nitrogens with one attached hydrogen (secondary N) is 1. The van der Waals surface area contributed by atoms with Crippen LogP contribution in [0.25, 0.3) is 0 Å². The van der Waals surface area contributed by atoms with Crippen molar-refractivity contribution < 1.29 is 9.53 Å². The highest BCUT2D eigenvalue weighted by molar-refractivity contribution is 6.30. The molecule has 1 amide bonds. The Labute approximate surface area is 218 Å². The van der Waals surface area contributed by atoms with Crippen molar-refractivity contribution >= 4 is 17.5 Å². The molecule has 0 aliphatic carbocycles. The monoisotopic (exact) mass is 503 g/mol. The zero-order chi connectivity index (χ0) is 25.0. The molecule has 0 atom stereocenters. The molecule has 5 nitrogen and oxygen atoms in total. The van der Waals surface area contributed by atoms with E-state index in [2.05, 4.69) is 17.3 Å². The highest BCUT2D eigenvalue weighted by Gasteiger charge is 2.09. The van der Waals surface area contributed by atoms with Crippen LogP contribution in [0.5, 0.6) is 5.75 Å². The molecule has 0 aliphatic heterocycles. The van der Waals surface area contributed by atoms with E-state index in [0.717, 1.165) is 6.42 Å². The molecular weight excluding hydrogens is 458 g/mol. The summed E-state index contributed by atoms with van der Waals surface area (Å²) in [6.45, 7) is 3.22. The summed E-state index contributed by atoms with van der Waals surface area (Å²) in [5.41, 5.74) is 0.418. The summed E-state index contributed by atoms with van der Waals surface area (Å²) in [7, 11) is 0. The number of rotatable bonds is 21. The minimum Gasteiger partial charge on any atom is -0.471 e. The Morgan fingerprint density at radius 1 is 0.800 bits per heavy atom. The number of benzene rings is 1. The largest absolute Gasteiger partial charge is 0.471 e. The van der Waals surface area contributed by atoms with Crippen LogP contribution < -0.4 is 10.1 Å². The maximum atomic E-state index is 12.3. The quantitative estimate of drug-likeness (QED) is 0.173. The molecule has 0 bridgehead atoms. The van der Waals surface area contributed by atoms with Crippen LogP contribution in [0, 0.1) is 0 Å². The average molecular weight is 504 g/mol. The summed E-state index contributed by atoms with van der Waals surface area (Å²) in [5.74, 6) is 0.579. The van der Waals surface area contributed by atoms with Gasteiger partial charge in [0.1, 0.15) is 11.4 Å². The van der Waals surface area contributed by atoms with Gasteiger partial charge in [0, 0.05) is 17.8 Å². The first-order chi connectivity index (χ1) is 17.2. The lowest BCUT2D eigenvalue weighted by molar-refractivity contribution is 0.0946. The Morgan fingerprint density at radius 2 is 1.31 bits per heavy atom. The molecular formula is C29H46ClN3O2. The molecule has 6 heteroatoms. The van der Waals surface area contributed by atoms with E-state index < -0.39 is 0 Å². The molecule has 0 fully saturated rings. The first-order valence-electron chi connectivity index (χ1n) is 13.9. The summed E-state index contributed by atoms with van der Waals surface area (Å²) in [5, 5.41) is 7.93. The van der Waals surface area contributed by atoms with Gasteiger partial charge < -0.3 is 10.1 Å². The van der Waals surface area contributed by atoms with Crippen molar-refractivity contribution in [2.24, 2.45) is 0 Å². The maximum absolute atomic E-state index is 12.3. The number of ether oxygens (including phenoxy) is 1. The van der Waals surface area contributed by atoms with Gasteiger partial charge in [-0.2, -0.15) is 5.10 Å². The minimum atomic E-state index is -0.129. The highest BCUT2D eigenvalue weighted by Crippen LogP contribution is 2.16. The molecule has 0 spiro atoms. The second kappa shape index (κ2) is 19.2. The highest BCUT2D eigenvalue weighted by atomic mass is 35.5. The number of carbonyl (C=O) groups excluding carboxylic acids is 1. The van der Waals surface area contributed by atoms with Gasteiger partial charge in [-0.25, -0.2) is 4.68 Å². The number of unbranched alkanes of at least 4 members (excludes halogenated alkanes) is 15. The van der Waals surface area contributed by atoms with Crippen molar-refractivity contribution in [3.8, 4) is 5.75 Å². The Kier molecular flexibility index (Phi) is 16.0. The van der Waals surface area contributed by atoms with Gasteiger partial charge in [0.15, 0.2) is 6.73 Å². The molecule has 0 radical (unpaired) electrons. The third-order valence-electron chi connectivity index (χ3n) is 6.37. The molecule has 1 heterocycles. The fourth-order valence-electron chi connectivity index (χ4n) is 4.19. The number of hydrogen-bond donors (Lipinski definition) is 1. The molecule has 2 rings (SSSR count). The van der Waals surface area contributed by atoms with Crippen molar-refractivity contribution in [1.82, 2.24) is 15.1 Å². The van der Waals surface area contributed by atoms with Crippen molar-refractivity contribution in [2.45, 2.75) is 116 Å². The van der Waals surface area contributed by atoms with E-state index in [-0.39, 0.29) is 12.6 Å². The topological polar surface area (TPSA) is 56.2 Å². The molecule has 196 valence electrons. The average Bonchev–Trinajstić information content (AvgIpc) is 3.35. The molecule has 0 saturated heterocycles. The van der Waals surface area contributed by atoms with Crippen LogP contribution in [-0.4, -0.2) is 22.2 Å². The van der Waals surface area contributed by atoms with Crippen LogP contribution in [0.4, 0.5) is 0 Å². The van der Waals surface area contributed by atoms with Crippen LogP contribution in [-0.2, 0) is 6.73 Å². The fraction of sp³-hybridized carbons (Fsp3) is 0.655.